The van der Waals surface area contributed by atoms with Gasteiger partial charge in [-0.3, -0.25) is 4.90 Å². The van der Waals surface area contributed by atoms with Gasteiger partial charge in [0, 0.05) is 19.1 Å². The number of nitrogens with zero attached hydrogens (tertiary/aromatic N) is 1. The topological polar surface area (TPSA) is 29.3 Å². The molecule has 0 amide bonds. The van der Waals surface area contributed by atoms with Crippen molar-refractivity contribution in [3.8, 4) is 0 Å². The number of hydrogen-bond donors (Lipinski definition) is 1. The zero-order valence-corrected chi connectivity index (χ0v) is 10.7. The van der Waals surface area contributed by atoms with E-state index >= 15 is 0 Å². The summed E-state index contributed by atoms with van der Waals surface area (Å²) >= 11 is 0. The maximum Gasteiger partial charge on any atom is 0.0467 e. The fraction of sp³-hybridized carbons (Fsp3) is 0.571. The second kappa shape index (κ2) is 6.66. The van der Waals surface area contributed by atoms with Crippen molar-refractivity contribution >= 4 is 0 Å². The SMILES string of the molecule is CCC(C)CN(C)C(CN)c1ccccc1. The van der Waals surface area contributed by atoms with Crippen LogP contribution < -0.4 is 5.73 Å². The van der Waals surface area contributed by atoms with Crippen molar-refractivity contribution in [1.29, 1.82) is 0 Å². The summed E-state index contributed by atoms with van der Waals surface area (Å²) in [5.74, 6) is 0.725. The highest BCUT2D eigenvalue weighted by Gasteiger charge is 2.16. The monoisotopic (exact) mass is 220 g/mol. The van der Waals surface area contributed by atoms with E-state index in [1.165, 1.54) is 12.0 Å². The fourth-order valence-electron chi connectivity index (χ4n) is 1.99. The van der Waals surface area contributed by atoms with Crippen LogP contribution in [-0.4, -0.2) is 25.0 Å². The average Bonchev–Trinajstić information content (AvgIpc) is 2.31. The number of benzene rings is 1. The third kappa shape index (κ3) is 3.62. The summed E-state index contributed by atoms with van der Waals surface area (Å²) in [4.78, 5) is 2.36. The van der Waals surface area contributed by atoms with Gasteiger partial charge in [0.1, 0.15) is 0 Å². The zero-order chi connectivity index (χ0) is 12.0. The van der Waals surface area contributed by atoms with E-state index in [0.29, 0.717) is 12.6 Å². The Morgan fingerprint density at radius 2 is 1.88 bits per heavy atom. The van der Waals surface area contributed by atoms with Crippen LogP contribution in [-0.2, 0) is 0 Å². The molecule has 0 aliphatic rings. The molecule has 2 nitrogen and oxygen atoms in total. The lowest BCUT2D eigenvalue weighted by atomic mass is 10.0. The molecule has 0 saturated carbocycles. The van der Waals surface area contributed by atoms with E-state index < -0.39 is 0 Å². The van der Waals surface area contributed by atoms with Gasteiger partial charge in [-0.1, -0.05) is 50.6 Å². The smallest absolute Gasteiger partial charge is 0.0467 e. The zero-order valence-electron chi connectivity index (χ0n) is 10.7. The van der Waals surface area contributed by atoms with Crippen LogP contribution in [0.4, 0.5) is 0 Å². The summed E-state index contributed by atoms with van der Waals surface area (Å²) in [6, 6.07) is 10.9. The Labute approximate surface area is 99.5 Å². The molecule has 2 N–H and O–H groups in total. The normalized spacial score (nSPS) is 15.1. The summed E-state index contributed by atoms with van der Waals surface area (Å²) in [7, 11) is 2.16. The Kier molecular flexibility index (Phi) is 5.50. The summed E-state index contributed by atoms with van der Waals surface area (Å²) in [6.07, 6.45) is 1.22. The predicted octanol–water partition coefficient (Wildman–Crippen LogP) is 2.66. The minimum atomic E-state index is 0.343. The van der Waals surface area contributed by atoms with Crippen LogP contribution in [0.1, 0.15) is 31.9 Å². The third-order valence-electron chi connectivity index (χ3n) is 3.24. The highest BCUT2D eigenvalue weighted by Crippen LogP contribution is 2.19. The molecule has 0 aromatic heterocycles. The van der Waals surface area contributed by atoms with Crippen LogP contribution in [0.3, 0.4) is 0 Å². The lowest BCUT2D eigenvalue weighted by molar-refractivity contribution is 0.215. The van der Waals surface area contributed by atoms with Crippen LogP contribution >= 0.6 is 0 Å². The first-order valence-electron chi connectivity index (χ1n) is 6.14. The molecule has 0 fully saturated rings. The van der Waals surface area contributed by atoms with Crippen molar-refractivity contribution in [1.82, 2.24) is 4.90 Å². The molecule has 0 aliphatic heterocycles. The van der Waals surface area contributed by atoms with Crippen molar-refractivity contribution in [2.75, 3.05) is 20.1 Å². The second-order valence-corrected chi connectivity index (χ2v) is 4.62. The second-order valence-electron chi connectivity index (χ2n) is 4.62. The van der Waals surface area contributed by atoms with Gasteiger partial charge in [-0.2, -0.15) is 0 Å². The van der Waals surface area contributed by atoms with Crippen molar-refractivity contribution in [3.05, 3.63) is 35.9 Å². The van der Waals surface area contributed by atoms with Crippen molar-refractivity contribution in [2.24, 2.45) is 11.7 Å². The summed E-state index contributed by atoms with van der Waals surface area (Å²) in [5, 5.41) is 0. The quantitative estimate of drug-likeness (QED) is 0.798. The Hall–Kier alpha value is -0.860. The fourth-order valence-corrected chi connectivity index (χ4v) is 1.99. The maximum atomic E-state index is 5.88. The number of nitrogens with two attached hydrogens (primary N) is 1. The Balaban J connectivity index is 2.67. The largest absolute Gasteiger partial charge is 0.329 e. The molecule has 16 heavy (non-hydrogen) atoms. The molecular weight excluding hydrogens is 196 g/mol. The third-order valence-corrected chi connectivity index (χ3v) is 3.24. The molecule has 0 saturated heterocycles. The number of likely N-dealkylation sites (N-methyl/N-ethyl adjacent to an activating group) is 1. The molecule has 0 radical (unpaired) electrons. The van der Waals surface area contributed by atoms with E-state index in [1.807, 2.05) is 6.07 Å². The highest BCUT2D eigenvalue weighted by molar-refractivity contribution is 5.19. The molecular formula is C14H24N2. The minimum Gasteiger partial charge on any atom is -0.329 e. The van der Waals surface area contributed by atoms with Crippen molar-refractivity contribution in [2.45, 2.75) is 26.3 Å². The first-order valence-corrected chi connectivity index (χ1v) is 6.14. The van der Waals surface area contributed by atoms with E-state index in [-0.39, 0.29) is 0 Å². The Morgan fingerprint density at radius 1 is 1.25 bits per heavy atom. The van der Waals surface area contributed by atoms with E-state index in [4.69, 9.17) is 5.73 Å². The molecule has 2 atom stereocenters. The molecule has 0 aliphatic carbocycles. The lowest BCUT2D eigenvalue weighted by Gasteiger charge is -2.29. The van der Waals surface area contributed by atoms with E-state index in [1.54, 1.807) is 0 Å². The molecule has 1 aromatic rings. The molecule has 90 valence electrons. The first kappa shape index (κ1) is 13.2. The lowest BCUT2D eigenvalue weighted by Crippen LogP contribution is -2.33. The highest BCUT2D eigenvalue weighted by atomic mass is 15.1. The molecule has 2 unspecified atom stereocenters. The number of rotatable bonds is 6. The molecule has 0 spiro atoms. The van der Waals surface area contributed by atoms with Gasteiger partial charge in [0.15, 0.2) is 0 Å². The molecule has 2 heteroatoms. The predicted molar refractivity (Wildman–Crippen MR) is 70.3 cm³/mol. The van der Waals surface area contributed by atoms with Gasteiger partial charge in [0.05, 0.1) is 0 Å². The van der Waals surface area contributed by atoms with Crippen LogP contribution in [0.5, 0.6) is 0 Å². The molecule has 0 heterocycles. The van der Waals surface area contributed by atoms with Crippen molar-refractivity contribution < 1.29 is 0 Å². The van der Waals surface area contributed by atoms with E-state index in [2.05, 4.69) is 50.1 Å². The molecule has 1 rings (SSSR count). The Morgan fingerprint density at radius 3 is 2.38 bits per heavy atom. The van der Waals surface area contributed by atoms with Crippen LogP contribution in [0.25, 0.3) is 0 Å². The standard InChI is InChI=1S/C14H24N2/c1-4-12(2)11-16(3)14(10-15)13-8-6-5-7-9-13/h5-9,12,14H,4,10-11,15H2,1-3H3. The van der Waals surface area contributed by atoms with Crippen LogP contribution in [0.2, 0.25) is 0 Å². The van der Waals surface area contributed by atoms with Crippen LogP contribution in [0.15, 0.2) is 30.3 Å². The number of hydrogen-bond acceptors (Lipinski definition) is 2. The van der Waals surface area contributed by atoms with E-state index in [0.717, 1.165) is 12.5 Å². The average molecular weight is 220 g/mol. The molecule has 1 aromatic carbocycles. The van der Waals surface area contributed by atoms with Gasteiger partial charge in [-0.05, 0) is 18.5 Å². The first-order chi connectivity index (χ1) is 7.69. The Bertz CT molecular complexity index is 284. The van der Waals surface area contributed by atoms with Gasteiger partial charge < -0.3 is 5.73 Å². The van der Waals surface area contributed by atoms with Crippen molar-refractivity contribution in [3.63, 3.8) is 0 Å². The van der Waals surface area contributed by atoms with Crippen LogP contribution in [0, 0.1) is 5.92 Å². The van der Waals surface area contributed by atoms with Gasteiger partial charge in [0.2, 0.25) is 0 Å². The maximum absolute atomic E-state index is 5.88. The summed E-state index contributed by atoms with van der Waals surface area (Å²) < 4.78 is 0. The van der Waals surface area contributed by atoms with Gasteiger partial charge in [0.25, 0.3) is 0 Å². The van der Waals surface area contributed by atoms with Gasteiger partial charge in [-0.15, -0.1) is 0 Å². The minimum absolute atomic E-state index is 0.343. The molecule has 0 bridgehead atoms. The summed E-state index contributed by atoms with van der Waals surface area (Å²) in [5.41, 5.74) is 7.20. The summed E-state index contributed by atoms with van der Waals surface area (Å²) in [6.45, 7) is 6.30. The van der Waals surface area contributed by atoms with Gasteiger partial charge >= 0.3 is 0 Å². The van der Waals surface area contributed by atoms with E-state index in [9.17, 15) is 0 Å². The van der Waals surface area contributed by atoms with Gasteiger partial charge in [-0.25, -0.2) is 0 Å².